The maximum atomic E-state index is 12.5. The van der Waals surface area contributed by atoms with Crippen LogP contribution in [0.2, 0.25) is 0 Å². The average molecular weight is 377 g/mol. The summed E-state index contributed by atoms with van der Waals surface area (Å²) in [6.07, 6.45) is 1.97. The molecule has 6 heteroatoms. The van der Waals surface area contributed by atoms with Crippen LogP contribution in [-0.2, 0) is 4.79 Å². The molecule has 1 aliphatic heterocycles. The summed E-state index contributed by atoms with van der Waals surface area (Å²) in [7, 11) is 1.56. The lowest BCUT2D eigenvalue weighted by Crippen LogP contribution is -2.26. The molecule has 136 valence electrons. The Morgan fingerprint density at radius 3 is 2.37 bits per heavy atom. The van der Waals surface area contributed by atoms with Gasteiger partial charge in [-0.2, -0.15) is 0 Å². The first kappa shape index (κ1) is 17.4. The van der Waals surface area contributed by atoms with E-state index in [9.17, 15) is 4.79 Å². The van der Waals surface area contributed by atoms with Crippen molar-refractivity contribution < 1.29 is 9.53 Å². The van der Waals surface area contributed by atoms with Gasteiger partial charge in [-0.1, -0.05) is 36.0 Å². The Hall–Kier alpha value is -2.99. The molecule has 0 atom stereocenters. The highest BCUT2D eigenvalue weighted by Gasteiger charge is 2.23. The SMILES string of the molecule is COc1cccnc1NC(=O)CCN1c2ccccc2Sc2ccccc21. The summed E-state index contributed by atoms with van der Waals surface area (Å²) in [5, 5.41) is 2.84. The maximum absolute atomic E-state index is 12.5. The fraction of sp³-hybridized carbons (Fsp3) is 0.143. The molecule has 27 heavy (non-hydrogen) atoms. The van der Waals surface area contributed by atoms with E-state index < -0.39 is 0 Å². The number of benzene rings is 2. The number of rotatable bonds is 5. The van der Waals surface area contributed by atoms with Gasteiger partial charge < -0.3 is 15.0 Å². The Morgan fingerprint density at radius 1 is 1.04 bits per heavy atom. The van der Waals surface area contributed by atoms with Crippen LogP contribution in [0.25, 0.3) is 0 Å². The van der Waals surface area contributed by atoms with Crippen molar-refractivity contribution >= 4 is 34.9 Å². The van der Waals surface area contributed by atoms with Gasteiger partial charge >= 0.3 is 0 Å². The number of para-hydroxylation sites is 2. The van der Waals surface area contributed by atoms with E-state index in [1.54, 1.807) is 37.2 Å². The molecule has 0 spiro atoms. The van der Waals surface area contributed by atoms with Crippen molar-refractivity contribution in [2.45, 2.75) is 16.2 Å². The summed E-state index contributed by atoms with van der Waals surface area (Å²) < 4.78 is 5.24. The molecular formula is C21H19N3O2S. The first-order chi connectivity index (χ1) is 13.3. The molecule has 0 saturated carbocycles. The lowest BCUT2D eigenvalue weighted by molar-refractivity contribution is -0.116. The lowest BCUT2D eigenvalue weighted by atomic mass is 10.2. The third kappa shape index (κ3) is 3.61. The molecule has 0 unspecified atom stereocenters. The van der Waals surface area contributed by atoms with Gasteiger partial charge in [-0.05, 0) is 36.4 Å². The Bertz CT molecular complexity index is 931. The smallest absolute Gasteiger partial charge is 0.227 e. The number of anilines is 3. The highest BCUT2D eigenvalue weighted by molar-refractivity contribution is 7.99. The van der Waals surface area contributed by atoms with Gasteiger partial charge in [-0.25, -0.2) is 4.98 Å². The van der Waals surface area contributed by atoms with E-state index in [0.29, 0.717) is 24.5 Å². The quantitative estimate of drug-likeness (QED) is 0.697. The molecule has 0 aliphatic carbocycles. The van der Waals surface area contributed by atoms with Crippen LogP contribution in [-0.4, -0.2) is 24.5 Å². The molecule has 5 nitrogen and oxygen atoms in total. The number of amides is 1. The number of fused-ring (bicyclic) bond motifs is 2. The molecule has 2 aromatic carbocycles. The number of hydrogen-bond acceptors (Lipinski definition) is 5. The Labute approximate surface area is 162 Å². The highest BCUT2D eigenvalue weighted by atomic mass is 32.2. The van der Waals surface area contributed by atoms with E-state index in [4.69, 9.17) is 4.74 Å². The Kier molecular flexibility index (Phi) is 4.98. The first-order valence-electron chi connectivity index (χ1n) is 8.68. The average Bonchev–Trinajstić information content (AvgIpc) is 2.71. The minimum atomic E-state index is -0.0970. The zero-order chi connectivity index (χ0) is 18.6. The molecule has 1 aromatic heterocycles. The van der Waals surface area contributed by atoms with Crippen LogP contribution in [0.4, 0.5) is 17.2 Å². The molecule has 2 heterocycles. The molecular weight excluding hydrogens is 358 g/mol. The van der Waals surface area contributed by atoms with Crippen LogP contribution in [0.1, 0.15) is 6.42 Å². The Morgan fingerprint density at radius 2 is 1.70 bits per heavy atom. The van der Waals surface area contributed by atoms with E-state index in [1.807, 2.05) is 24.3 Å². The fourth-order valence-corrected chi connectivity index (χ4v) is 4.17. The van der Waals surface area contributed by atoms with Crippen molar-refractivity contribution in [2.75, 3.05) is 23.9 Å². The highest BCUT2D eigenvalue weighted by Crippen LogP contribution is 2.47. The fourth-order valence-electron chi connectivity index (χ4n) is 3.08. The molecule has 0 fully saturated rings. The second-order valence-electron chi connectivity index (χ2n) is 6.04. The third-order valence-electron chi connectivity index (χ3n) is 4.34. The van der Waals surface area contributed by atoms with Gasteiger partial charge in [0.15, 0.2) is 11.6 Å². The number of nitrogens with one attached hydrogen (secondary N) is 1. The van der Waals surface area contributed by atoms with Crippen molar-refractivity contribution in [1.29, 1.82) is 0 Å². The summed E-state index contributed by atoms with van der Waals surface area (Å²) in [4.78, 5) is 21.3. The van der Waals surface area contributed by atoms with E-state index in [0.717, 1.165) is 11.4 Å². The van der Waals surface area contributed by atoms with Crippen molar-refractivity contribution in [2.24, 2.45) is 0 Å². The van der Waals surface area contributed by atoms with Crippen LogP contribution < -0.4 is 15.0 Å². The largest absolute Gasteiger partial charge is 0.493 e. The van der Waals surface area contributed by atoms with Crippen LogP contribution in [0.5, 0.6) is 5.75 Å². The second kappa shape index (κ2) is 7.72. The minimum Gasteiger partial charge on any atom is -0.493 e. The molecule has 3 aromatic rings. The summed E-state index contributed by atoms with van der Waals surface area (Å²) in [6, 6.07) is 20.1. The van der Waals surface area contributed by atoms with Gasteiger partial charge in [0.05, 0.1) is 18.5 Å². The van der Waals surface area contributed by atoms with Gasteiger partial charge in [0.1, 0.15) is 0 Å². The Balaban J connectivity index is 1.52. The molecule has 1 N–H and O–H groups in total. The topological polar surface area (TPSA) is 54.5 Å². The minimum absolute atomic E-state index is 0.0970. The van der Waals surface area contributed by atoms with Gasteiger partial charge in [0, 0.05) is 29.0 Å². The molecule has 0 bridgehead atoms. The number of carbonyl (C=O) groups is 1. The van der Waals surface area contributed by atoms with E-state index in [1.165, 1.54) is 9.79 Å². The van der Waals surface area contributed by atoms with Crippen LogP contribution in [0.15, 0.2) is 76.7 Å². The zero-order valence-electron chi connectivity index (χ0n) is 14.9. The van der Waals surface area contributed by atoms with E-state index in [2.05, 4.69) is 39.5 Å². The zero-order valence-corrected chi connectivity index (χ0v) is 15.7. The molecule has 1 amide bonds. The van der Waals surface area contributed by atoms with Crippen molar-refractivity contribution in [3.63, 3.8) is 0 Å². The first-order valence-corrected chi connectivity index (χ1v) is 9.50. The lowest BCUT2D eigenvalue weighted by Gasteiger charge is -2.32. The molecule has 0 radical (unpaired) electrons. The standard InChI is InChI=1S/C21H19N3O2S/c1-26-17-9-6-13-22-21(17)23-20(25)12-14-24-15-7-2-4-10-18(15)27-19-11-5-3-8-16(19)24/h2-11,13H,12,14H2,1H3,(H,22,23,25). The summed E-state index contributed by atoms with van der Waals surface area (Å²) >= 11 is 1.76. The van der Waals surface area contributed by atoms with Crippen LogP contribution in [0, 0.1) is 0 Å². The number of nitrogens with zero attached hydrogens (tertiary/aromatic N) is 2. The number of methoxy groups -OCH3 is 1. The number of carbonyl (C=O) groups excluding carboxylic acids is 1. The maximum Gasteiger partial charge on any atom is 0.227 e. The van der Waals surface area contributed by atoms with Crippen LogP contribution >= 0.6 is 11.8 Å². The number of hydrogen-bond donors (Lipinski definition) is 1. The normalized spacial score (nSPS) is 12.1. The number of ether oxygens (including phenoxy) is 1. The third-order valence-corrected chi connectivity index (χ3v) is 5.47. The van der Waals surface area contributed by atoms with Crippen molar-refractivity contribution in [3.8, 4) is 5.75 Å². The van der Waals surface area contributed by atoms with Gasteiger partial charge in [-0.15, -0.1) is 0 Å². The second-order valence-corrected chi connectivity index (χ2v) is 7.13. The number of aromatic nitrogens is 1. The number of pyridine rings is 1. The van der Waals surface area contributed by atoms with Crippen LogP contribution in [0.3, 0.4) is 0 Å². The predicted octanol–water partition coefficient (Wildman–Crippen LogP) is 4.72. The van der Waals surface area contributed by atoms with Gasteiger partial charge in [0.25, 0.3) is 0 Å². The monoisotopic (exact) mass is 377 g/mol. The summed E-state index contributed by atoms with van der Waals surface area (Å²) in [6.45, 7) is 0.579. The van der Waals surface area contributed by atoms with Crippen molar-refractivity contribution in [1.82, 2.24) is 4.98 Å². The summed E-state index contributed by atoms with van der Waals surface area (Å²) in [5.74, 6) is 0.899. The summed E-state index contributed by atoms with van der Waals surface area (Å²) in [5.41, 5.74) is 2.26. The molecule has 4 rings (SSSR count). The van der Waals surface area contributed by atoms with E-state index in [-0.39, 0.29) is 5.91 Å². The molecule has 0 saturated heterocycles. The van der Waals surface area contributed by atoms with E-state index >= 15 is 0 Å². The predicted molar refractivity (Wildman–Crippen MR) is 108 cm³/mol. The molecule has 1 aliphatic rings. The van der Waals surface area contributed by atoms with Gasteiger partial charge in [-0.3, -0.25) is 4.79 Å². The van der Waals surface area contributed by atoms with Crippen molar-refractivity contribution in [3.05, 3.63) is 66.9 Å². The van der Waals surface area contributed by atoms with Gasteiger partial charge in [0.2, 0.25) is 5.91 Å².